The van der Waals surface area contributed by atoms with E-state index in [1.165, 1.54) is 20.8 Å². The number of aromatic amines is 1. The van der Waals surface area contributed by atoms with Crippen molar-refractivity contribution in [2.45, 2.75) is 33.2 Å². The van der Waals surface area contributed by atoms with Gasteiger partial charge in [-0.15, -0.1) is 11.3 Å². The fraction of sp³-hybridized carbons (Fsp3) is 0.312. The van der Waals surface area contributed by atoms with E-state index in [4.69, 9.17) is 12.2 Å². The molecule has 0 spiro atoms. The molecule has 20 heavy (non-hydrogen) atoms. The molecule has 0 aliphatic carbocycles. The van der Waals surface area contributed by atoms with Gasteiger partial charge in [-0.3, -0.25) is 0 Å². The summed E-state index contributed by atoms with van der Waals surface area (Å²) in [5.74, 6) is 0. The first-order valence-corrected chi connectivity index (χ1v) is 8.03. The van der Waals surface area contributed by atoms with Crippen molar-refractivity contribution in [3.05, 3.63) is 50.4 Å². The molecule has 0 bridgehead atoms. The minimum atomic E-state index is 0.358. The molecule has 1 N–H and O–H groups in total. The maximum absolute atomic E-state index is 5.50. The van der Waals surface area contributed by atoms with Crippen molar-refractivity contribution in [1.82, 2.24) is 9.55 Å². The summed E-state index contributed by atoms with van der Waals surface area (Å²) in [4.78, 5) is 6.10. The summed E-state index contributed by atoms with van der Waals surface area (Å²) in [6, 6.07) is 11.2. The Morgan fingerprint density at radius 3 is 2.75 bits per heavy atom. The smallest absolute Gasteiger partial charge is 0.178 e. The van der Waals surface area contributed by atoms with E-state index in [9.17, 15) is 0 Å². The molecular weight excluding hydrogens is 284 g/mol. The first-order valence-electron chi connectivity index (χ1n) is 6.81. The summed E-state index contributed by atoms with van der Waals surface area (Å²) in [5, 5.41) is 0. The highest BCUT2D eigenvalue weighted by atomic mass is 32.1. The molecule has 0 aliphatic heterocycles. The molecule has 0 aliphatic rings. The predicted octanol–water partition coefficient (Wildman–Crippen LogP) is 5.18. The fourth-order valence-electron chi connectivity index (χ4n) is 2.66. The summed E-state index contributed by atoms with van der Waals surface area (Å²) in [7, 11) is 0. The maximum atomic E-state index is 5.50. The molecule has 1 unspecified atom stereocenters. The molecule has 0 saturated heterocycles. The average molecular weight is 302 g/mol. The summed E-state index contributed by atoms with van der Waals surface area (Å²) in [5.41, 5.74) is 3.58. The van der Waals surface area contributed by atoms with Crippen LogP contribution in [-0.2, 0) is 6.42 Å². The third kappa shape index (κ3) is 2.45. The van der Waals surface area contributed by atoms with Gasteiger partial charge in [0.15, 0.2) is 4.77 Å². The minimum Gasteiger partial charge on any atom is -0.331 e. The predicted molar refractivity (Wildman–Crippen MR) is 89.3 cm³/mol. The van der Waals surface area contributed by atoms with Crippen LogP contribution in [-0.4, -0.2) is 9.55 Å². The Morgan fingerprint density at radius 2 is 2.05 bits per heavy atom. The van der Waals surface area contributed by atoms with Crippen molar-refractivity contribution >= 4 is 34.6 Å². The second-order valence-corrected chi connectivity index (χ2v) is 7.15. The molecule has 104 valence electrons. The van der Waals surface area contributed by atoms with Gasteiger partial charge in [0.05, 0.1) is 11.0 Å². The van der Waals surface area contributed by atoms with Crippen molar-refractivity contribution < 1.29 is 0 Å². The molecule has 4 heteroatoms. The van der Waals surface area contributed by atoms with Gasteiger partial charge in [-0.1, -0.05) is 6.07 Å². The summed E-state index contributed by atoms with van der Waals surface area (Å²) < 4.78 is 3.05. The lowest BCUT2D eigenvalue weighted by atomic mass is 10.2. The number of nitrogens with zero attached hydrogens (tertiary/aromatic N) is 1. The monoisotopic (exact) mass is 302 g/mol. The number of hydrogen-bond acceptors (Lipinski definition) is 2. The second kappa shape index (κ2) is 5.19. The highest BCUT2D eigenvalue weighted by molar-refractivity contribution is 7.71. The Labute approximate surface area is 128 Å². The average Bonchev–Trinajstić information content (AvgIpc) is 2.91. The van der Waals surface area contributed by atoms with E-state index in [0.717, 1.165) is 16.7 Å². The molecule has 2 heterocycles. The Kier molecular flexibility index (Phi) is 3.52. The topological polar surface area (TPSA) is 20.7 Å². The highest BCUT2D eigenvalue weighted by Gasteiger charge is 2.12. The van der Waals surface area contributed by atoms with Crippen molar-refractivity contribution in [1.29, 1.82) is 0 Å². The largest absolute Gasteiger partial charge is 0.331 e. The first kappa shape index (κ1) is 13.6. The molecule has 3 rings (SSSR count). The van der Waals surface area contributed by atoms with Crippen LogP contribution in [0.1, 0.15) is 28.3 Å². The second-order valence-electron chi connectivity index (χ2n) is 5.39. The van der Waals surface area contributed by atoms with Gasteiger partial charge in [-0.2, -0.15) is 0 Å². The number of aromatic nitrogens is 2. The molecule has 3 aromatic rings. The van der Waals surface area contributed by atoms with E-state index in [-0.39, 0.29) is 0 Å². The Balaban J connectivity index is 2.00. The Morgan fingerprint density at radius 1 is 1.25 bits per heavy atom. The zero-order valence-corrected chi connectivity index (χ0v) is 13.6. The molecule has 0 radical (unpaired) electrons. The Bertz CT molecular complexity index is 807. The summed E-state index contributed by atoms with van der Waals surface area (Å²) >= 11 is 7.37. The Hall–Kier alpha value is -1.39. The van der Waals surface area contributed by atoms with Crippen molar-refractivity contribution in [2.24, 2.45) is 0 Å². The number of fused-ring (bicyclic) bond motifs is 1. The molecule has 2 aromatic heterocycles. The van der Waals surface area contributed by atoms with Gasteiger partial charge in [0.2, 0.25) is 0 Å². The number of thiophene rings is 1. The number of hydrogen-bond donors (Lipinski definition) is 1. The van der Waals surface area contributed by atoms with Crippen LogP contribution in [0.3, 0.4) is 0 Å². The molecule has 1 atom stereocenters. The van der Waals surface area contributed by atoms with Crippen LogP contribution in [0.25, 0.3) is 11.0 Å². The van der Waals surface area contributed by atoms with E-state index in [0.29, 0.717) is 6.04 Å². The van der Waals surface area contributed by atoms with Crippen molar-refractivity contribution in [3.8, 4) is 0 Å². The van der Waals surface area contributed by atoms with Gasteiger partial charge in [0, 0.05) is 22.2 Å². The molecular formula is C16H18N2S2. The fourth-order valence-corrected chi connectivity index (χ4v) is 4.06. The summed E-state index contributed by atoms with van der Waals surface area (Å²) in [6.45, 7) is 6.49. The van der Waals surface area contributed by atoms with Gasteiger partial charge < -0.3 is 9.55 Å². The van der Waals surface area contributed by atoms with Crippen molar-refractivity contribution in [2.75, 3.05) is 0 Å². The van der Waals surface area contributed by atoms with E-state index >= 15 is 0 Å². The third-order valence-corrected chi connectivity index (χ3v) is 4.93. The lowest BCUT2D eigenvalue weighted by Crippen LogP contribution is -2.07. The van der Waals surface area contributed by atoms with Gasteiger partial charge in [0.1, 0.15) is 0 Å². The number of nitrogens with one attached hydrogen (secondary N) is 1. The number of H-pyrrole nitrogens is 1. The highest BCUT2D eigenvalue weighted by Crippen LogP contribution is 2.25. The summed E-state index contributed by atoms with van der Waals surface area (Å²) in [6.07, 6.45) is 1.02. The SMILES string of the molecule is Cc1ccc2c(c1)[nH]c(=S)n2C(C)Cc1ccc(C)s1. The lowest BCUT2D eigenvalue weighted by Gasteiger charge is -2.13. The standard InChI is InChI=1S/C16H18N2S2/c1-10-4-7-15-14(8-10)17-16(19)18(15)11(2)9-13-6-5-12(3)20-13/h4-8,11H,9H2,1-3H3,(H,17,19). The maximum Gasteiger partial charge on any atom is 0.178 e. The first-order chi connectivity index (χ1) is 9.54. The zero-order valence-electron chi connectivity index (χ0n) is 11.9. The van der Waals surface area contributed by atoms with E-state index in [2.05, 4.69) is 60.7 Å². The zero-order chi connectivity index (χ0) is 14.3. The van der Waals surface area contributed by atoms with Crippen LogP contribution in [0.4, 0.5) is 0 Å². The van der Waals surface area contributed by atoms with Crippen LogP contribution >= 0.6 is 23.6 Å². The van der Waals surface area contributed by atoms with Crippen LogP contribution in [0.5, 0.6) is 0 Å². The van der Waals surface area contributed by atoms with E-state index in [1.807, 2.05) is 11.3 Å². The van der Waals surface area contributed by atoms with Gasteiger partial charge in [-0.25, -0.2) is 0 Å². The quantitative estimate of drug-likeness (QED) is 0.661. The number of aryl methyl sites for hydroxylation is 2. The van der Waals surface area contributed by atoms with E-state index in [1.54, 1.807) is 0 Å². The molecule has 0 saturated carbocycles. The van der Waals surface area contributed by atoms with Crippen molar-refractivity contribution in [3.63, 3.8) is 0 Å². The van der Waals surface area contributed by atoms with E-state index < -0.39 is 0 Å². The number of imidazole rings is 1. The molecule has 2 nitrogen and oxygen atoms in total. The van der Waals surface area contributed by atoms with Crippen LogP contribution in [0.2, 0.25) is 0 Å². The molecule has 1 aromatic carbocycles. The molecule has 0 fully saturated rings. The van der Waals surface area contributed by atoms with Gasteiger partial charge in [0.25, 0.3) is 0 Å². The van der Waals surface area contributed by atoms with Crippen LogP contribution in [0.15, 0.2) is 30.3 Å². The third-order valence-electron chi connectivity index (χ3n) is 3.61. The number of benzene rings is 1. The van der Waals surface area contributed by atoms with Gasteiger partial charge in [-0.05, 0) is 62.8 Å². The number of rotatable bonds is 3. The van der Waals surface area contributed by atoms with Crippen LogP contribution in [0, 0.1) is 18.6 Å². The molecule has 0 amide bonds. The van der Waals surface area contributed by atoms with Gasteiger partial charge >= 0.3 is 0 Å². The van der Waals surface area contributed by atoms with Crippen LogP contribution < -0.4 is 0 Å². The minimum absolute atomic E-state index is 0.358. The lowest BCUT2D eigenvalue weighted by molar-refractivity contribution is 0.557. The normalized spacial score (nSPS) is 12.9.